The first-order valence-electron chi connectivity index (χ1n) is 12.0. The number of fused-ring (bicyclic) bond motifs is 1. The van der Waals surface area contributed by atoms with Gasteiger partial charge < -0.3 is 20.4 Å². The van der Waals surface area contributed by atoms with Crippen molar-refractivity contribution in [1.82, 2.24) is 20.1 Å². The Kier molecular flexibility index (Phi) is 7.92. The van der Waals surface area contributed by atoms with Crippen molar-refractivity contribution in [3.05, 3.63) is 65.0 Å². The molecule has 2 aliphatic heterocycles. The van der Waals surface area contributed by atoms with Crippen molar-refractivity contribution in [2.75, 3.05) is 32.7 Å². The van der Waals surface area contributed by atoms with Crippen molar-refractivity contribution in [1.29, 1.82) is 0 Å². The normalized spacial score (nSPS) is 20.0. The molecule has 1 aromatic carbocycles. The molecule has 0 aliphatic carbocycles. The molecule has 0 bridgehead atoms. The molecule has 4 rings (SSSR count). The average molecular weight is 467 g/mol. The second-order valence-electron chi connectivity index (χ2n) is 9.46. The highest BCUT2D eigenvalue weighted by atomic mass is 16.3. The first kappa shape index (κ1) is 24.3. The lowest BCUT2D eigenvalue weighted by atomic mass is 9.91. The van der Waals surface area contributed by atoms with Crippen molar-refractivity contribution < 1.29 is 19.8 Å². The lowest BCUT2D eigenvalue weighted by Gasteiger charge is -2.33. The Morgan fingerprint density at radius 1 is 1.21 bits per heavy atom. The van der Waals surface area contributed by atoms with Gasteiger partial charge in [-0.2, -0.15) is 0 Å². The number of piperidine rings is 1. The number of nitrogens with one attached hydrogen (secondary N) is 1. The fourth-order valence-corrected chi connectivity index (χ4v) is 4.94. The lowest BCUT2D eigenvalue weighted by Crippen LogP contribution is -2.43. The van der Waals surface area contributed by atoms with Crippen LogP contribution in [-0.4, -0.2) is 75.6 Å². The average Bonchev–Trinajstić information content (AvgIpc) is 2.83. The van der Waals surface area contributed by atoms with Gasteiger partial charge in [-0.15, -0.1) is 0 Å². The molecule has 0 saturated carbocycles. The fourth-order valence-electron chi connectivity index (χ4n) is 4.94. The highest BCUT2D eigenvalue weighted by Crippen LogP contribution is 2.26. The van der Waals surface area contributed by atoms with Crippen LogP contribution in [0.5, 0.6) is 0 Å². The number of pyridine rings is 1. The Labute approximate surface area is 200 Å². The number of aliphatic hydroxyl groups excluding tert-OH is 2. The van der Waals surface area contributed by atoms with Gasteiger partial charge in [-0.3, -0.25) is 19.5 Å². The topological polar surface area (TPSA) is 106 Å². The standard InChI is InChI=1S/C26H34N4O4/c1-18(31)30-10-7-19(8-11-30)12-22-13-20(6-9-27-22)26(34)28-14-23(32)16-29-15-21-4-2-3-5-24(21)25(33)17-29/h2-6,9,13,19,23,25,32-33H,7-8,10-12,14-17H2,1H3,(H,28,34)/t23-,25?/m0/s1. The number of aliphatic hydroxyl groups is 2. The second kappa shape index (κ2) is 11.1. The summed E-state index contributed by atoms with van der Waals surface area (Å²) in [5, 5.41) is 23.7. The van der Waals surface area contributed by atoms with Gasteiger partial charge in [-0.1, -0.05) is 24.3 Å². The second-order valence-corrected chi connectivity index (χ2v) is 9.46. The summed E-state index contributed by atoms with van der Waals surface area (Å²) >= 11 is 0. The SMILES string of the molecule is CC(=O)N1CCC(Cc2cc(C(=O)NC[C@H](O)CN3Cc4ccccc4C(O)C3)ccn2)CC1. The first-order valence-corrected chi connectivity index (χ1v) is 12.0. The molecule has 0 radical (unpaired) electrons. The minimum absolute atomic E-state index is 0.124. The number of carbonyl (C=O) groups is 2. The molecule has 182 valence electrons. The summed E-state index contributed by atoms with van der Waals surface area (Å²) in [6.45, 7) is 4.78. The van der Waals surface area contributed by atoms with E-state index in [2.05, 4.69) is 10.3 Å². The molecule has 3 N–H and O–H groups in total. The van der Waals surface area contributed by atoms with E-state index < -0.39 is 12.2 Å². The van der Waals surface area contributed by atoms with E-state index in [0.29, 0.717) is 31.1 Å². The Morgan fingerprint density at radius 3 is 2.74 bits per heavy atom. The quantitative estimate of drug-likeness (QED) is 0.571. The van der Waals surface area contributed by atoms with E-state index in [1.54, 1.807) is 19.2 Å². The molecule has 1 unspecified atom stereocenters. The highest BCUT2D eigenvalue weighted by Gasteiger charge is 2.25. The zero-order valence-electron chi connectivity index (χ0n) is 19.7. The van der Waals surface area contributed by atoms with Gasteiger partial charge in [-0.25, -0.2) is 0 Å². The molecule has 8 nitrogen and oxygen atoms in total. The number of amides is 2. The van der Waals surface area contributed by atoms with Gasteiger partial charge in [0, 0.05) is 63.6 Å². The molecule has 2 aromatic rings. The molecule has 34 heavy (non-hydrogen) atoms. The fraction of sp³-hybridized carbons (Fsp3) is 0.500. The number of rotatable bonds is 7. The largest absolute Gasteiger partial charge is 0.390 e. The predicted octanol–water partition coefficient (Wildman–Crippen LogP) is 1.52. The minimum Gasteiger partial charge on any atom is -0.390 e. The third-order valence-electron chi connectivity index (χ3n) is 6.84. The van der Waals surface area contributed by atoms with Crippen LogP contribution in [0.4, 0.5) is 0 Å². The van der Waals surface area contributed by atoms with E-state index in [4.69, 9.17) is 0 Å². The van der Waals surface area contributed by atoms with Crippen LogP contribution < -0.4 is 5.32 Å². The van der Waals surface area contributed by atoms with Crippen molar-refractivity contribution >= 4 is 11.8 Å². The number of likely N-dealkylation sites (tertiary alicyclic amines) is 1. The molecule has 2 amide bonds. The maximum atomic E-state index is 12.7. The van der Waals surface area contributed by atoms with Crippen molar-refractivity contribution in [2.45, 2.75) is 44.9 Å². The summed E-state index contributed by atoms with van der Waals surface area (Å²) in [6, 6.07) is 11.3. The molecule has 8 heteroatoms. The van der Waals surface area contributed by atoms with Crippen LogP contribution in [-0.2, 0) is 17.8 Å². The summed E-state index contributed by atoms with van der Waals surface area (Å²) in [4.78, 5) is 32.5. The van der Waals surface area contributed by atoms with Crippen LogP contribution in [0.25, 0.3) is 0 Å². The molecule has 1 saturated heterocycles. The number of benzene rings is 1. The van der Waals surface area contributed by atoms with Gasteiger partial charge >= 0.3 is 0 Å². The zero-order valence-corrected chi connectivity index (χ0v) is 19.7. The number of β-amino-alcohol motifs (C(OH)–C–C–N with tert-alkyl or cyclic N) is 2. The molecule has 3 heterocycles. The maximum absolute atomic E-state index is 12.7. The molecule has 1 aromatic heterocycles. The van der Waals surface area contributed by atoms with E-state index in [1.807, 2.05) is 40.1 Å². The highest BCUT2D eigenvalue weighted by molar-refractivity contribution is 5.94. The third-order valence-corrected chi connectivity index (χ3v) is 6.84. The van der Waals surface area contributed by atoms with Gasteiger partial charge in [0.15, 0.2) is 0 Å². The number of nitrogens with zero attached hydrogens (tertiary/aromatic N) is 3. The van der Waals surface area contributed by atoms with E-state index in [1.165, 1.54) is 0 Å². The number of carbonyl (C=O) groups excluding carboxylic acids is 2. The van der Waals surface area contributed by atoms with Crippen molar-refractivity contribution in [2.24, 2.45) is 5.92 Å². The van der Waals surface area contributed by atoms with Crippen LogP contribution in [0.15, 0.2) is 42.6 Å². The van der Waals surface area contributed by atoms with E-state index in [0.717, 1.165) is 49.2 Å². The molecule has 1 fully saturated rings. The smallest absolute Gasteiger partial charge is 0.251 e. The molecule has 2 aliphatic rings. The molecule has 0 spiro atoms. The Morgan fingerprint density at radius 2 is 1.97 bits per heavy atom. The molecular formula is C26H34N4O4. The van der Waals surface area contributed by atoms with Crippen LogP contribution in [0.2, 0.25) is 0 Å². The first-order chi connectivity index (χ1) is 16.4. The molecule has 2 atom stereocenters. The summed E-state index contributed by atoms with van der Waals surface area (Å²) in [5.74, 6) is 0.338. The summed E-state index contributed by atoms with van der Waals surface area (Å²) in [6.07, 6.45) is 3.01. The van der Waals surface area contributed by atoms with Gasteiger partial charge in [0.2, 0.25) is 5.91 Å². The predicted molar refractivity (Wildman–Crippen MR) is 128 cm³/mol. The molecular weight excluding hydrogens is 432 g/mol. The van der Waals surface area contributed by atoms with Gasteiger partial charge in [-0.05, 0) is 48.4 Å². The van der Waals surface area contributed by atoms with Gasteiger partial charge in [0.1, 0.15) is 0 Å². The van der Waals surface area contributed by atoms with Crippen LogP contribution >= 0.6 is 0 Å². The summed E-state index contributed by atoms with van der Waals surface area (Å²) in [7, 11) is 0. The Hall–Kier alpha value is -2.81. The summed E-state index contributed by atoms with van der Waals surface area (Å²) in [5.41, 5.74) is 3.41. The van der Waals surface area contributed by atoms with E-state index >= 15 is 0 Å². The Balaban J connectivity index is 1.24. The van der Waals surface area contributed by atoms with Gasteiger partial charge in [0.25, 0.3) is 5.91 Å². The van der Waals surface area contributed by atoms with E-state index in [9.17, 15) is 19.8 Å². The number of hydrogen-bond donors (Lipinski definition) is 3. The van der Waals surface area contributed by atoms with Crippen molar-refractivity contribution in [3.8, 4) is 0 Å². The number of hydrogen-bond acceptors (Lipinski definition) is 6. The van der Waals surface area contributed by atoms with Crippen LogP contribution in [0, 0.1) is 5.92 Å². The van der Waals surface area contributed by atoms with E-state index in [-0.39, 0.29) is 18.4 Å². The third kappa shape index (κ3) is 6.20. The van der Waals surface area contributed by atoms with Crippen molar-refractivity contribution in [3.63, 3.8) is 0 Å². The summed E-state index contributed by atoms with van der Waals surface area (Å²) < 4.78 is 0. The zero-order chi connectivity index (χ0) is 24.1. The number of aromatic nitrogens is 1. The minimum atomic E-state index is -0.741. The maximum Gasteiger partial charge on any atom is 0.251 e. The monoisotopic (exact) mass is 466 g/mol. The lowest BCUT2D eigenvalue weighted by molar-refractivity contribution is -0.130. The van der Waals surface area contributed by atoms with Crippen LogP contribution in [0.1, 0.15) is 53.0 Å². The Bertz CT molecular complexity index is 1010. The van der Waals surface area contributed by atoms with Crippen LogP contribution in [0.3, 0.4) is 0 Å². The van der Waals surface area contributed by atoms with Gasteiger partial charge in [0.05, 0.1) is 12.2 Å².